The molecule has 8 bridgehead atoms. The maximum atomic E-state index is 12.0. The van der Waals surface area contributed by atoms with Crippen molar-refractivity contribution in [2.24, 2.45) is 0 Å². The molecule has 4 aromatic carbocycles. The molecular formula is C44H34CuN4O9S4. The fourth-order valence-electron chi connectivity index (χ4n) is 8.19. The van der Waals surface area contributed by atoms with E-state index in [1.165, 1.54) is 36.4 Å². The van der Waals surface area contributed by atoms with Crippen LogP contribution in [0, 0.1) is 0 Å². The Morgan fingerprint density at radius 1 is 0.403 bits per heavy atom. The van der Waals surface area contributed by atoms with Crippen LogP contribution in [0.2, 0.25) is 0 Å². The number of nitrogens with zero attached hydrogens (tertiary/aromatic N) is 4. The molecule has 13 nitrogen and oxygen atoms in total. The topological polar surface area (TPSA) is 217 Å². The summed E-state index contributed by atoms with van der Waals surface area (Å²) in [5.41, 5.74) is 10.9. The molecule has 0 fully saturated rings. The Morgan fingerprint density at radius 2 is 0.694 bits per heavy atom. The largest absolute Gasteiger partial charge is 2.00 e. The van der Waals surface area contributed by atoms with E-state index in [9.17, 15) is 38.9 Å². The molecule has 62 heavy (non-hydrogen) atoms. The van der Waals surface area contributed by atoms with Crippen LogP contribution in [0.1, 0.15) is 34.2 Å². The summed E-state index contributed by atoms with van der Waals surface area (Å²) >= 11 is 4.52. The van der Waals surface area contributed by atoms with Gasteiger partial charge in [0, 0.05) is 27.7 Å². The molecule has 6 aromatic rings. The number of thiol groups is 1. The zero-order valence-electron chi connectivity index (χ0n) is 32.2. The summed E-state index contributed by atoms with van der Waals surface area (Å²) in [5, 5.41) is 0. The van der Waals surface area contributed by atoms with E-state index in [0.29, 0.717) is 106 Å². The van der Waals surface area contributed by atoms with E-state index >= 15 is 0 Å². The average Bonchev–Trinajstić information content (AvgIpc) is 4.06. The average molecular weight is 955 g/mol. The minimum absolute atomic E-state index is 0. The normalized spacial score (nSPS) is 13.7. The first kappa shape index (κ1) is 43.5. The van der Waals surface area contributed by atoms with Crippen LogP contribution in [-0.2, 0) is 85.9 Å². The fraction of sp³-hybridized carbons (Fsp3) is 0.136. The molecule has 3 aliphatic rings. The predicted molar refractivity (Wildman–Crippen MR) is 231 cm³/mol. The molecule has 9 rings (SSSR count). The Morgan fingerprint density at radius 3 is 1.02 bits per heavy atom. The van der Waals surface area contributed by atoms with Crippen molar-refractivity contribution >= 4 is 54.0 Å². The molecule has 0 unspecified atom stereocenters. The second kappa shape index (κ2) is 16.5. The van der Waals surface area contributed by atoms with Gasteiger partial charge in [-0.2, -0.15) is 25.3 Å². The van der Waals surface area contributed by atoms with Crippen LogP contribution in [0.3, 0.4) is 0 Å². The quantitative estimate of drug-likeness (QED) is 0.0701. The number of aromatic nitrogens is 4. The van der Waals surface area contributed by atoms with Gasteiger partial charge in [0.1, 0.15) is 0 Å². The van der Waals surface area contributed by atoms with Gasteiger partial charge in [-0.1, -0.05) is 60.7 Å². The summed E-state index contributed by atoms with van der Waals surface area (Å²) in [6, 6.07) is 29.1. The summed E-state index contributed by atoms with van der Waals surface area (Å²) in [4.78, 5) is 20.9. The van der Waals surface area contributed by atoms with E-state index in [1.54, 1.807) is 36.4 Å². The van der Waals surface area contributed by atoms with E-state index in [1.807, 2.05) is 36.4 Å². The van der Waals surface area contributed by atoms with Gasteiger partial charge in [0.25, 0.3) is 30.4 Å². The first-order chi connectivity index (χ1) is 29.0. The minimum atomic E-state index is -4.49. The molecule has 2 aromatic heterocycles. The first-order valence-corrected chi connectivity index (χ1v) is 23.8. The standard InChI is InChI=1S/C44H34N4O9S4.Cu/c49-59(50,51)30-11-3-26(4-12-30)42-35-19-17-33(45-35)41(25-1-9-29(58)10-2-25)34-18-20-36(46-34)43(27-5-13-31(14-6-27)60(52,53)54)38-22-24-40(48-38)44(39-23-21-37(42)47-39)28-7-15-32(16-8-28)61(55,56)57;/h1-17,19H,18,20-24H2,(H4-,46,47,48,49,50,51,52,53,54,55,56,57,58);/q-2;+2. The van der Waals surface area contributed by atoms with E-state index in [4.69, 9.17) is 19.9 Å². The predicted octanol–water partition coefficient (Wildman–Crippen LogP) is 7.35. The second-order valence-electron chi connectivity index (χ2n) is 14.8. The molecule has 0 saturated heterocycles. The van der Waals surface area contributed by atoms with E-state index in [-0.39, 0.29) is 31.8 Å². The third-order valence-corrected chi connectivity index (χ3v) is 13.9. The Bertz CT molecular complexity index is 3320. The molecule has 1 radical (unpaired) electrons. The van der Waals surface area contributed by atoms with E-state index in [2.05, 4.69) is 12.6 Å². The molecular weight excluding hydrogens is 920 g/mol. The van der Waals surface area contributed by atoms with Gasteiger partial charge < -0.3 is 9.97 Å². The first-order valence-electron chi connectivity index (χ1n) is 19.0. The van der Waals surface area contributed by atoms with Crippen molar-refractivity contribution in [3.8, 4) is 44.5 Å². The summed E-state index contributed by atoms with van der Waals surface area (Å²) in [6.07, 6.45) is 2.87. The van der Waals surface area contributed by atoms with Crippen LogP contribution >= 0.6 is 12.6 Å². The minimum Gasteiger partial charge on any atom is -0.664 e. The van der Waals surface area contributed by atoms with Gasteiger partial charge in [0.2, 0.25) is 0 Å². The van der Waals surface area contributed by atoms with Crippen LogP contribution < -0.4 is 9.97 Å². The van der Waals surface area contributed by atoms with Crippen molar-refractivity contribution in [2.45, 2.75) is 58.1 Å². The Kier molecular flexibility index (Phi) is 11.6. The van der Waals surface area contributed by atoms with Crippen molar-refractivity contribution in [1.29, 1.82) is 0 Å². The monoisotopic (exact) mass is 953 g/mol. The molecule has 0 spiro atoms. The van der Waals surface area contributed by atoms with Crippen LogP contribution in [0.5, 0.6) is 0 Å². The zero-order valence-corrected chi connectivity index (χ0v) is 36.5. The summed E-state index contributed by atoms with van der Waals surface area (Å²) in [7, 11) is -13.4. The molecule has 3 N–H and O–H groups in total. The van der Waals surface area contributed by atoms with Crippen LogP contribution in [0.25, 0.3) is 55.5 Å². The molecule has 0 atom stereocenters. The van der Waals surface area contributed by atoms with Crippen molar-refractivity contribution < 1.29 is 56.0 Å². The van der Waals surface area contributed by atoms with Crippen LogP contribution in [0.15, 0.2) is 129 Å². The van der Waals surface area contributed by atoms with Gasteiger partial charge in [-0.05, 0) is 132 Å². The van der Waals surface area contributed by atoms with Gasteiger partial charge >= 0.3 is 17.1 Å². The SMILES string of the molecule is O=S(=O)(O)c1ccc(-c2c3nc(c(-c4ccc(S)cc4)c4ccc([n-]4)c(-c4ccc(S(=O)(=O)O)cc4)c4nc(c(-c5ccc(S(=O)(=O)O)cc5)c5[n-]c2CC5)CC4)CC3)cc1.[Cu+2]. The maximum Gasteiger partial charge on any atom is 2.00 e. The third-order valence-electron chi connectivity index (χ3n) is 11.0. The molecule has 0 aliphatic carbocycles. The molecule has 3 aliphatic heterocycles. The number of hydrogen-bond donors (Lipinski definition) is 4. The maximum absolute atomic E-state index is 12.0. The Labute approximate surface area is 373 Å². The van der Waals surface area contributed by atoms with E-state index < -0.39 is 30.4 Å². The van der Waals surface area contributed by atoms with Crippen molar-refractivity contribution in [2.75, 3.05) is 0 Å². The smallest absolute Gasteiger partial charge is 0.664 e. The van der Waals surface area contributed by atoms with Gasteiger partial charge in [0.05, 0.1) is 14.7 Å². The Hall–Kier alpha value is -5.14. The molecule has 319 valence electrons. The van der Waals surface area contributed by atoms with Gasteiger partial charge in [0.15, 0.2) is 0 Å². The number of aryl methyl sites for hydroxylation is 6. The molecule has 0 amide bonds. The van der Waals surface area contributed by atoms with E-state index in [0.717, 1.165) is 27.4 Å². The summed E-state index contributed by atoms with van der Waals surface area (Å²) in [6.45, 7) is 0. The number of benzene rings is 4. The van der Waals surface area contributed by atoms with Crippen molar-refractivity contribution in [3.63, 3.8) is 0 Å². The Balaban J connectivity index is 0.00000529. The molecule has 18 heteroatoms. The second-order valence-corrected chi connectivity index (χ2v) is 19.6. The van der Waals surface area contributed by atoms with Crippen LogP contribution in [-0.4, -0.2) is 48.9 Å². The fourth-order valence-corrected chi connectivity index (χ4v) is 9.78. The van der Waals surface area contributed by atoms with Crippen LogP contribution in [0.4, 0.5) is 0 Å². The summed E-state index contributed by atoms with van der Waals surface area (Å²) in [5.74, 6) is 0. The molecule has 5 heterocycles. The van der Waals surface area contributed by atoms with Gasteiger partial charge in [-0.25, -0.2) is 0 Å². The van der Waals surface area contributed by atoms with Crippen molar-refractivity contribution in [1.82, 2.24) is 19.9 Å². The number of rotatable bonds is 7. The van der Waals surface area contributed by atoms with Gasteiger partial charge in [-0.15, -0.1) is 35.1 Å². The number of hydrogen-bond acceptors (Lipinski definition) is 9. The summed E-state index contributed by atoms with van der Waals surface area (Å²) < 4.78 is 101. The third kappa shape index (κ3) is 8.50. The van der Waals surface area contributed by atoms with Gasteiger partial charge in [-0.3, -0.25) is 23.6 Å². The number of fused-ring (bicyclic) bond motifs is 8. The zero-order chi connectivity index (χ0) is 42.8. The van der Waals surface area contributed by atoms with Crippen molar-refractivity contribution in [3.05, 3.63) is 143 Å². The molecule has 0 saturated carbocycles.